The fourth-order valence-electron chi connectivity index (χ4n) is 2.35. The second-order valence-electron chi connectivity index (χ2n) is 5.62. The number of furan rings is 1. The molecule has 0 fully saturated rings. The summed E-state index contributed by atoms with van der Waals surface area (Å²) >= 11 is 0. The van der Waals surface area contributed by atoms with Crippen LogP contribution in [0.2, 0.25) is 0 Å². The predicted octanol–water partition coefficient (Wildman–Crippen LogP) is 5.16. The van der Waals surface area contributed by atoms with Crippen molar-refractivity contribution in [2.45, 2.75) is 39.5 Å². The van der Waals surface area contributed by atoms with Gasteiger partial charge in [0.05, 0.1) is 5.52 Å². The smallest absolute Gasteiger partial charge is 0.136 e. The average molecular weight is 241 g/mol. The number of hydrogen-bond donors (Lipinski definition) is 1. The Balaban J connectivity index is 2.30. The first-order valence-corrected chi connectivity index (χ1v) is 6.61. The summed E-state index contributed by atoms with van der Waals surface area (Å²) in [5.74, 6) is 1.99. The Labute approximate surface area is 107 Å². The van der Waals surface area contributed by atoms with Gasteiger partial charge in [0.2, 0.25) is 0 Å². The van der Waals surface area contributed by atoms with E-state index >= 15 is 0 Å². The van der Waals surface area contributed by atoms with Crippen LogP contribution in [0, 0.1) is 0 Å². The van der Waals surface area contributed by atoms with Gasteiger partial charge in [0.1, 0.15) is 11.3 Å². The monoisotopic (exact) mass is 241 g/mol. The molecular weight excluding hydrogens is 222 g/mol. The normalized spacial score (nSPS) is 12.3. The number of H-pyrrole nitrogens is 1. The molecule has 0 aliphatic heterocycles. The quantitative estimate of drug-likeness (QED) is 0.659. The standard InChI is InChI=1S/C16H19NO/c1-9(2)13-7-11-5-6-14-12(16(11)17-13)8-15(18-14)10(3)4/h5-10,17H,1-4H3. The van der Waals surface area contributed by atoms with Crippen LogP contribution in [0.5, 0.6) is 0 Å². The Hall–Kier alpha value is -1.70. The summed E-state index contributed by atoms with van der Waals surface area (Å²) in [5, 5.41) is 2.46. The Morgan fingerprint density at radius 1 is 1.00 bits per heavy atom. The summed E-state index contributed by atoms with van der Waals surface area (Å²) < 4.78 is 5.89. The third kappa shape index (κ3) is 1.64. The van der Waals surface area contributed by atoms with Gasteiger partial charge in [0.25, 0.3) is 0 Å². The molecule has 0 amide bonds. The summed E-state index contributed by atoms with van der Waals surface area (Å²) in [4.78, 5) is 3.53. The molecule has 1 aromatic carbocycles. The van der Waals surface area contributed by atoms with Crippen LogP contribution in [0.1, 0.15) is 51.0 Å². The van der Waals surface area contributed by atoms with Gasteiger partial charge < -0.3 is 9.40 Å². The molecule has 1 N–H and O–H groups in total. The van der Waals surface area contributed by atoms with Crippen LogP contribution in [-0.4, -0.2) is 4.98 Å². The first-order chi connectivity index (χ1) is 8.56. The summed E-state index contributed by atoms with van der Waals surface area (Å²) in [5.41, 5.74) is 3.46. The number of hydrogen-bond acceptors (Lipinski definition) is 1. The molecule has 3 rings (SSSR count). The lowest BCUT2D eigenvalue weighted by Crippen LogP contribution is -1.84. The maximum Gasteiger partial charge on any atom is 0.136 e. The lowest BCUT2D eigenvalue weighted by atomic mass is 10.1. The van der Waals surface area contributed by atoms with E-state index in [4.69, 9.17) is 4.42 Å². The summed E-state index contributed by atoms with van der Waals surface area (Å²) in [6.45, 7) is 8.72. The molecule has 2 nitrogen and oxygen atoms in total. The molecule has 0 radical (unpaired) electrons. The van der Waals surface area contributed by atoms with E-state index < -0.39 is 0 Å². The molecule has 0 spiro atoms. The van der Waals surface area contributed by atoms with Gasteiger partial charge in [-0.2, -0.15) is 0 Å². The minimum Gasteiger partial charge on any atom is -0.461 e. The molecule has 3 aromatic rings. The molecule has 0 aliphatic carbocycles. The molecule has 94 valence electrons. The number of aromatic amines is 1. The summed E-state index contributed by atoms with van der Waals surface area (Å²) in [6, 6.07) is 8.61. The second kappa shape index (κ2) is 3.91. The highest BCUT2D eigenvalue weighted by Crippen LogP contribution is 2.32. The highest BCUT2D eigenvalue weighted by atomic mass is 16.3. The van der Waals surface area contributed by atoms with Crippen molar-refractivity contribution in [3.05, 3.63) is 35.7 Å². The highest BCUT2D eigenvalue weighted by Gasteiger charge is 2.12. The lowest BCUT2D eigenvalue weighted by Gasteiger charge is -1.98. The van der Waals surface area contributed by atoms with Crippen LogP contribution >= 0.6 is 0 Å². The predicted molar refractivity (Wildman–Crippen MR) is 76.2 cm³/mol. The van der Waals surface area contributed by atoms with E-state index in [0.717, 1.165) is 11.3 Å². The van der Waals surface area contributed by atoms with Crippen molar-refractivity contribution < 1.29 is 4.42 Å². The van der Waals surface area contributed by atoms with Crippen molar-refractivity contribution in [3.8, 4) is 0 Å². The van der Waals surface area contributed by atoms with Gasteiger partial charge in [-0.25, -0.2) is 0 Å². The topological polar surface area (TPSA) is 28.9 Å². The minimum atomic E-state index is 0.423. The zero-order chi connectivity index (χ0) is 12.9. The third-order valence-electron chi connectivity index (χ3n) is 3.52. The van der Waals surface area contributed by atoms with E-state index in [-0.39, 0.29) is 0 Å². The first-order valence-electron chi connectivity index (χ1n) is 6.61. The van der Waals surface area contributed by atoms with Crippen LogP contribution < -0.4 is 0 Å². The molecule has 0 saturated heterocycles. The molecule has 2 heteroatoms. The van der Waals surface area contributed by atoms with E-state index in [1.54, 1.807) is 0 Å². The molecular formula is C16H19NO. The van der Waals surface area contributed by atoms with E-state index in [2.05, 4.69) is 56.9 Å². The first kappa shape index (κ1) is 11.4. The van der Waals surface area contributed by atoms with E-state index in [0.29, 0.717) is 11.8 Å². The Morgan fingerprint density at radius 3 is 2.44 bits per heavy atom. The van der Waals surface area contributed by atoms with Crippen molar-refractivity contribution in [2.24, 2.45) is 0 Å². The fraction of sp³-hybridized carbons (Fsp3) is 0.375. The maximum absolute atomic E-state index is 5.89. The van der Waals surface area contributed by atoms with Gasteiger partial charge in [-0.3, -0.25) is 0 Å². The van der Waals surface area contributed by atoms with Crippen molar-refractivity contribution in [3.63, 3.8) is 0 Å². The SMILES string of the molecule is CC(C)c1cc2ccc3oc(C(C)C)cc3c2[nH]1. The molecule has 0 bridgehead atoms. The van der Waals surface area contributed by atoms with Gasteiger partial charge in [0, 0.05) is 22.4 Å². The average Bonchev–Trinajstić information content (AvgIpc) is 2.91. The van der Waals surface area contributed by atoms with Crippen molar-refractivity contribution in [1.82, 2.24) is 4.98 Å². The highest BCUT2D eigenvalue weighted by molar-refractivity contribution is 6.04. The van der Waals surface area contributed by atoms with Gasteiger partial charge in [0.15, 0.2) is 0 Å². The van der Waals surface area contributed by atoms with Crippen molar-refractivity contribution in [1.29, 1.82) is 0 Å². The van der Waals surface area contributed by atoms with Crippen LogP contribution in [0.3, 0.4) is 0 Å². The minimum absolute atomic E-state index is 0.423. The Kier molecular flexibility index (Phi) is 2.47. The molecule has 0 unspecified atom stereocenters. The van der Waals surface area contributed by atoms with E-state index in [9.17, 15) is 0 Å². The van der Waals surface area contributed by atoms with E-state index in [1.807, 2.05) is 0 Å². The number of fused-ring (bicyclic) bond motifs is 3. The van der Waals surface area contributed by atoms with Crippen LogP contribution in [0.15, 0.2) is 28.7 Å². The van der Waals surface area contributed by atoms with Gasteiger partial charge in [-0.1, -0.05) is 27.7 Å². The molecule has 18 heavy (non-hydrogen) atoms. The third-order valence-corrected chi connectivity index (χ3v) is 3.52. The van der Waals surface area contributed by atoms with Crippen molar-refractivity contribution >= 4 is 21.9 Å². The van der Waals surface area contributed by atoms with Gasteiger partial charge >= 0.3 is 0 Å². The largest absolute Gasteiger partial charge is 0.461 e. The number of nitrogens with one attached hydrogen (secondary N) is 1. The summed E-state index contributed by atoms with van der Waals surface area (Å²) in [6.07, 6.45) is 0. The van der Waals surface area contributed by atoms with E-state index in [1.165, 1.54) is 22.0 Å². The molecule has 2 heterocycles. The van der Waals surface area contributed by atoms with Crippen LogP contribution in [0.4, 0.5) is 0 Å². The molecule has 0 aliphatic rings. The van der Waals surface area contributed by atoms with Crippen LogP contribution in [0.25, 0.3) is 21.9 Å². The zero-order valence-corrected chi connectivity index (χ0v) is 11.4. The number of benzene rings is 1. The number of rotatable bonds is 2. The Morgan fingerprint density at radius 2 is 1.78 bits per heavy atom. The lowest BCUT2D eigenvalue weighted by molar-refractivity contribution is 0.522. The summed E-state index contributed by atoms with van der Waals surface area (Å²) in [7, 11) is 0. The van der Waals surface area contributed by atoms with Crippen LogP contribution in [-0.2, 0) is 0 Å². The fourth-order valence-corrected chi connectivity index (χ4v) is 2.35. The number of aromatic nitrogens is 1. The molecule has 0 saturated carbocycles. The zero-order valence-electron chi connectivity index (χ0n) is 11.4. The van der Waals surface area contributed by atoms with Gasteiger partial charge in [-0.15, -0.1) is 0 Å². The second-order valence-corrected chi connectivity index (χ2v) is 5.62. The van der Waals surface area contributed by atoms with Gasteiger partial charge in [-0.05, 0) is 30.2 Å². The maximum atomic E-state index is 5.89. The molecule has 2 aromatic heterocycles. The Bertz CT molecular complexity index is 639. The van der Waals surface area contributed by atoms with Crippen molar-refractivity contribution in [2.75, 3.05) is 0 Å². The molecule has 0 atom stereocenters.